The molecular weight excluding hydrogens is 428 g/mol. The van der Waals surface area contributed by atoms with Gasteiger partial charge in [-0.1, -0.05) is 24.8 Å². The van der Waals surface area contributed by atoms with E-state index in [1.165, 1.54) is 23.3 Å². The minimum absolute atomic E-state index is 0.0174. The van der Waals surface area contributed by atoms with E-state index in [4.69, 9.17) is 9.47 Å². The number of rotatable bonds is 7. The van der Waals surface area contributed by atoms with Crippen molar-refractivity contribution in [2.45, 2.75) is 6.04 Å². The fraction of sp³-hybridized carbons (Fsp3) is 0.125. The lowest BCUT2D eigenvalue weighted by molar-refractivity contribution is -0.132. The Morgan fingerprint density at radius 3 is 2.66 bits per heavy atom. The van der Waals surface area contributed by atoms with Crippen molar-refractivity contribution >= 4 is 33.9 Å². The summed E-state index contributed by atoms with van der Waals surface area (Å²) in [5.74, 6) is -0.647. The molecule has 1 saturated heterocycles. The van der Waals surface area contributed by atoms with E-state index in [2.05, 4.69) is 11.6 Å². The Balaban J connectivity index is 1.88. The number of carbonyl (C=O) groups is 2. The third-order valence-corrected chi connectivity index (χ3v) is 5.75. The summed E-state index contributed by atoms with van der Waals surface area (Å²) in [5.41, 5.74) is 0.985. The Kier molecular flexibility index (Phi) is 6.04. The summed E-state index contributed by atoms with van der Waals surface area (Å²) in [6.07, 6.45) is 3.18. The predicted octanol–water partition coefficient (Wildman–Crippen LogP) is 4.34. The van der Waals surface area contributed by atoms with Crippen LogP contribution in [0.3, 0.4) is 0 Å². The van der Waals surface area contributed by atoms with E-state index in [0.717, 1.165) is 0 Å². The van der Waals surface area contributed by atoms with E-state index >= 15 is 0 Å². The van der Waals surface area contributed by atoms with Gasteiger partial charge in [-0.15, -0.1) is 11.3 Å². The van der Waals surface area contributed by atoms with Gasteiger partial charge in [-0.25, -0.2) is 4.98 Å². The zero-order valence-electron chi connectivity index (χ0n) is 17.2. The van der Waals surface area contributed by atoms with Gasteiger partial charge in [0.1, 0.15) is 23.9 Å². The molecule has 1 atom stereocenters. The monoisotopic (exact) mass is 448 g/mol. The molecule has 32 heavy (non-hydrogen) atoms. The first-order chi connectivity index (χ1) is 15.5. The van der Waals surface area contributed by atoms with E-state index in [9.17, 15) is 14.7 Å². The highest BCUT2D eigenvalue weighted by Gasteiger charge is 2.48. The number of Topliss-reactive ketones (excluding diaryl/α,β-unsaturated/α-hetero) is 1. The van der Waals surface area contributed by atoms with Crippen LogP contribution < -0.4 is 14.4 Å². The maximum absolute atomic E-state index is 13.1. The zero-order valence-corrected chi connectivity index (χ0v) is 18.0. The van der Waals surface area contributed by atoms with Gasteiger partial charge in [0.25, 0.3) is 5.78 Å². The van der Waals surface area contributed by atoms with Crippen molar-refractivity contribution in [3.8, 4) is 11.5 Å². The minimum atomic E-state index is -0.865. The first-order valence-corrected chi connectivity index (χ1v) is 10.6. The van der Waals surface area contributed by atoms with Crippen LogP contribution in [0, 0.1) is 0 Å². The number of hydrogen-bond acceptors (Lipinski definition) is 7. The summed E-state index contributed by atoms with van der Waals surface area (Å²) < 4.78 is 10.8. The van der Waals surface area contributed by atoms with Crippen LogP contribution in [-0.4, -0.2) is 35.5 Å². The van der Waals surface area contributed by atoms with Gasteiger partial charge >= 0.3 is 5.91 Å². The fourth-order valence-corrected chi connectivity index (χ4v) is 4.18. The molecule has 162 valence electrons. The highest BCUT2D eigenvalue weighted by molar-refractivity contribution is 7.14. The molecular formula is C24H20N2O5S. The molecule has 7 nitrogen and oxygen atoms in total. The number of aliphatic hydroxyl groups is 1. The Morgan fingerprint density at radius 1 is 1.22 bits per heavy atom. The van der Waals surface area contributed by atoms with Crippen molar-refractivity contribution in [1.29, 1.82) is 0 Å². The molecule has 1 aliphatic rings. The second kappa shape index (κ2) is 9.07. The van der Waals surface area contributed by atoms with Gasteiger partial charge in [-0.2, -0.15) is 0 Å². The molecule has 2 aromatic carbocycles. The number of aromatic nitrogens is 1. The molecule has 0 spiro atoms. The van der Waals surface area contributed by atoms with Gasteiger partial charge in [0.2, 0.25) is 0 Å². The maximum Gasteiger partial charge on any atom is 0.301 e. The summed E-state index contributed by atoms with van der Waals surface area (Å²) in [7, 11) is 1.54. The molecule has 1 amide bonds. The normalized spacial score (nSPS) is 17.4. The molecule has 4 rings (SSSR count). The Morgan fingerprint density at radius 2 is 2.00 bits per heavy atom. The van der Waals surface area contributed by atoms with E-state index in [0.29, 0.717) is 34.4 Å². The van der Waals surface area contributed by atoms with Crippen LogP contribution in [0.2, 0.25) is 0 Å². The van der Waals surface area contributed by atoms with Crippen LogP contribution in [-0.2, 0) is 9.59 Å². The van der Waals surface area contributed by atoms with E-state index in [-0.39, 0.29) is 11.3 Å². The van der Waals surface area contributed by atoms with Crippen LogP contribution in [0.4, 0.5) is 5.13 Å². The topological polar surface area (TPSA) is 89.0 Å². The quantitative estimate of drug-likeness (QED) is 0.250. The van der Waals surface area contributed by atoms with Gasteiger partial charge in [-0.05, 0) is 42.0 Å². The molecule has 1 N–H and O–H groups in total. The molecule has 1 aromatic heterocycles. The molecule has 0 saturated carbocycles. The maximum atomic E-state index is 13.1. The number of thiazole rings is 1. The lowest BCUT2D eigenvalue weighted by Crippen LogP contribution is -2.29. The van der Waals surface area contributed by atoms with Crippen molar-refractivity contribution in [3.63, 3.8) is 0 Å². The molecule has 8 heteroatoms. The van der Waals surface area contributed by atoms with Gasteiger partial charge in [0, 0.05) is 17.1 Å². The first-order valence-electron chi connectivity index (χ1n) is 9.73. The number of hydrogen-bond donors (Lipinski definition) is 1. The van der Waals surface area contributed by atoms with Crippen LogP contribution in [0.25, 0.3) is 5.76 Å². The molecule has 1 aliphatic heterocycles. The number of benzene rings is 2. The summed E-state index contributed by atoms with van der Waals surface area (Å²) in [6.45, 7) is 3.95. The highest BCUT2D eigenvalue weighted by Crippen LogP contribution is 2.43. The van der Waals surface area contributed by atoms with Crippen LogP contribution in [0.5, 0.6) is 11.5 Å². The zero-order chi connectivity index (χ0) is 22.7. The first kappa shape index (κ1) is 21.3. The average Bonchev–Trinajstić information content (AvgIpc) is 3.44. The van der Waals surface area contributed by atoms with Crippen LogP contribution in [0.15, 0.2) is 78.3 Å². The van der Waals surface area contributed by atoms with Gasteiger partial charge in [-0.3, -0.25) is 14.5 Å². The minimum Gasteiger partial charge on any atom is -0.507 e. The van der Waals surface area contributed by atoms with Crippen molar-refractivity contribution < 1.29 is 24.2 Å². The number of ether oxygens (including phenoxy) is 2. The lowest BCUT2D eigenvalue weighted by atomic mass is 9.95. The summed E-state index contributed by atoms with van der Waals surface area (Å²) in [4.78, 5) is 31.7. The number of amides is 1. The molecule has 0 bridgehead atoms. The number of nitrogens with zero attached hydrogens (tertiary/aromatic N) is 2. The number of ketones is 1. The largest absolute Gasteiger partial charge is 0.507 e. The second-order valence-corrected chi connectivity index (χ2v) is 7.76. The second-order valence-electron chi connectivity index (χ2n) is 6.88. The van der Waals surface area contributed by atoms with Crippen molar-refractivity contribution in [2.24, 2.45) is 0 Å². The van der Waals surface area contributed by atoms with Gasteiger partial charge < -0.3 is 14.6 Å². The summed E-state index contributed by atoms with van der Waals surface area (Å²) in [6, 6.07) is 12.8. The average molecular weight is 449 g/mol. The van der Waals surface area contributed by atoms with Crippen molar-refractivity contribution in [1.82, 2.24) is 4.98 Å². The van der Waals surface area contributed by atoms with Crippen LogP contribution >= 0.6 is 11.3 Å². The van der Waals surface area contributed by atoms with Crippen molar-refractivity contribution in [3.05, 3.63) is 89.5 Å². The fourth-order valence-electron chi connectivity index (χ4n) is 3.51. The molecule has 3 aromatic rings. The number of aliphatic hydroxyl groups excluding tert-OH is 1. The third-order valence-electron chi connectivity index (χ3n) is 4.97. The van der Waals surface area contributed by atoms with Crippen molar-refractivity contribution in [2.75, 3.05) is 18.6 Å². The smallest absolute Gasteiger partial charge is 0.301 e. The Labute approximate surface area is 188 Å². The Bertz CT molecular complexity index is 1190. The predicted molar refractivity (Wildman–Crippen MR) is 122 cm³/mol. The van der Waals surface area contributed by atoms with Crippen LogP contribution in [0.1, 0.15) is 17.2 Å². The molecule has 1 fully saturated rings. The van der Waals surface area contributed by atoms with Gasteiger partial charge in [0.05, 0.1) is 18.7 Å². The third kappa shape index (κ3) is 3.88. The highest BCUT2D eigenvalue weighted by atomic mass is 32.1. The number of methoxy groups -OCH3 is 1. The summed E-state index contributed by atoms with van der Waals surface area (Å²) >= 11 is 1.23. The van der Waals surface area contributed by atoms with E-state index in [1.807, 2.05) is 0 Å². The molecule has 0 aliphatic carbocycles. The molecule has 2 heterocycles. The molecule has 1 unspecified atom stereocenters. The standard InChI is InChI=1S/C24H20N2O5S/c1-3-12-31-18-6-4-5-16(14-18)20-19(21(27)15-7-9-17(30-2)10-8-15)22(28)23(29)26(20)24-25-11-13-32-24/h3-11,13-14,20,27H,1,12H2,2H3. The number of anilines is 1. The number of carbonyl (C=O) groups excluding carboxylic acids is 2. The van der Waals surface area contributed by atoms with Gasteiger partial charge in [0.15, 0.2) is 5.13 Å². The lowest BCUT2D eigenvalue weighted by Gasteiger charge is -2.23. The van der Waals surface area contributed by atoms with E-state index < -0.39 is 17.7 Å². The Hall–Kier alpha value is -3.91. The molecule has 0 radical (unpaired) electrons. The van der Waals surface area contributed by atoms with E-state index in [1.54, 1.807) is 66.2 Å². The SMILES string of the molecule is C=CCOc1cccc(C2C(=C(O)c3ccc(OC)cc3)C(=O)C(=O)N2c2nccs2)c1. The summed E-state index contributed by atoms with van der Waals surface area (Å²) in [5, 5.41) is 13.2.